The van der Waals surface area contributed by atoms with Gasteiger partial charge in [0, 0.05) is 34.4 Å². The largest absolute Gasteiger partial charge is 0.494 e. The van der Waals surface area contributed by atoms with Crippen LogP contribution in [0.25, 0.3) is 0 Å². The van der Waals surface area contributed by atoms with E-state index in [1.54, 1.807) is 0 Å². The molecule has 1 heterocycles. The van der Waals surface area contributed by atoms with Crippen LogP contribution in [0.1, 0.15) is 31.9 Å². The fourth-order valence-corrected chi connectivity index (χ4v) is 3.83. The molecule has 2 rings (SSSR count). The summed E-state index contributed by atoms with van der Waals surface area (Å²) in [4.78, 5) is 0. The van der Waals surface area contributed by atoms with Crippen LogP contribution in [0.5, 0.6) is 5.75 Å². The van der Waals surface area contributed by atoms with Gasteiger partial charge in [0.1, 0.15) is 5.75 Å². The highest BCUT2D eigenvalue weighted by atomic mass is 32.2. The minimum atomic E-state index is -0.703. The summed E-state index contributed by atoms with van der Waals surface area (Å²) < 4.78 is 17.3. The van der Waals surface area contributed by atoms with E-state index in [0.717, 1.165) is 17.9 Å². The molecule has 0 aromatic heterocycles. The summed E-state index contributed by atoms with van der Waals surface area (Å²) in [6.07, 6.45) is 1.03. The Balaban J connectivity index is 2.07. The second-order valence-corrected chi connectivity index (χ2v) is 6.15. The molecule has 0 amide bonds. The predicted molar refractivity (Wildman–Crippen MR) is 75.4 cm³/mol. The van der Waals surface area contributed by atoms with Crippen LogP contribution in [0, 0.1) is 0 Å². The van der Waals surface area contributed by atoms with Gasteiger partial charge in [-0.1, -0.05) is 19.1 Å². The van der Waals surface area contributed by atoms with E-state index >= 15 is 0 Å². The molecule has 18 heavy (non-hydrogen) atoms. The standard InChI is InChI=1S/C14H21NO2S/c1-3-12-9-18(16)10-14(15-12)11-5-7-13(8-6-11)17-4-2/h5-8,12,14-15H,3-4,9-10H2,1-2H3. The molecule has 3 atom stereocenters. The summed E-state index contributed by atoms with van der Waals surface area (Å²) in [7, 11) is -0.703. The molecular formula is C14H21NO2S. The predicted octanol–water partition coefficient (Wildman–Crippen LogP) is 2.26. The fraction of sp³-hybridized carbons (Fsp3) is 0.571. The molecule has 0 aliphatic carbocycles. The Hall–Kier alpha value is -0.870. The smallest absolute Gasteiger partial charge is 0.119 e. The van der Waals surface area contributed by atoms with E-state index in [9.17, 15) is 4.21 Å². The highest BCUT2D eigenvalue weighted by molar-refractivity contribution is 7.85. The van der Waals surface area contributed by atoms with Crippen molar-refractivity contribution >= 4 is 10.8 Å². The van der Waals surface area contributed by atoms with E-state index in [4.69, 9.17) is 4.74 Å². The van der Waals surface area contributed by atoms with Crippen molar-refractivity contribution in [2.45, 2.75) is 32.4 Å². The lowest BCUT2D eigenvalue weighted by Gasteiger charge is -2.30. The van der Waals surface area contributed by atoms with Gasteiger partial charge in [0.2, 0.25) is 0 Å². The lowest BCUT2D eigenvalue weighted by atomic mass is 10.1. The maximum absolute atomic E-state index is 11.8. The number of ether oxygens (including phenoxy) is 1. The number of hydrogen-bond donors (Lipinski definition) is 1. The van der Waals surface area contributed by atoms with Crippen molar-refractivity contribution in [2.75, 3.05) is 18.1 Å². The molecule has 0 bridgehead atoms. The van der Waals surface area contributed by atoms with Crippen LogP contribution in [0.2, 0.25) is 0 Å². The molecule has 1 aromatic rings. The summed E-state index contributed by atoms with van der Waals surface area (Å²) >= 11 is 0. The van der Waals surface area contributed by atoms with Crippen LogP contribution in [-0.2, 0) is 10.8 Å². The molecule has 3 unspecified atom stereocenters. The number of nitrogens with one attached hydrogen (secondary N) is 1. The Labute approximate surface area is 111 Å². The number of benzene rings is 1. The minimum Gasteiger partial charge on any atom is -0.494 e. The Morgan fingerprint density at radius 2 is 2.00 bits per heavy atom. The van der Waals surface area contributed by atoms with E-state index in [-0.39, 0.29) is 6.04 Å². The van der Waals surface area contributed by atoms with E-state index in [2.05, 4.69) is 24.4 Å². The van der Waals surface area contributed by atoms with E-state index in [1.165, 1.54) is 5.56 Å². The van der Waals surface area contributed by atoms with Crippen LogP contribution in [0.3, 0.4) is 0 Å². The first-order valence-corrected chi connectivity index (χ1v) is 8.05. The molecule has 1 N–H and O–H groups in total. The van der Waals surface area contributed by atoms with Gasteiger partial charge in [-0.05, 0) is 31.0 Å². The van der Waals surface area contributed by atoms with Gasteiger partial charge >= 0.3 is 0 Å². The van der Waals surface area contributed by atoms with Gasteiger partial charge in [-0.25, -0.2) is 0 Å². The third-order valence-electron chi connectivity index (χ3n) is 3.26. The van der Waals surface area contributed by atoms with Crippen molar-refractivity contribution in [2.24, 2.45) is 0 Å². The third-order valence-corrected chi connectivity index (χ3v) is 4.74. The highest BCUT2D eigenvalue weighted by Gasteiger charge is 2.25. The summed E-state index contributed by atoms with van der Waals surface area (Å²) in [5.74, 6) is 2.39. The Kier molecular flexibility index (Phi) is 4.78. The molecule has 3 nitrogen and oxygen atoms in total. The SMILES string of the molecule is CCOc1ccc(C2CS(=O)CC(CC)N2)cc1. The van der Waals surface area contributed by atoms with Crippen LogP contribution in [-0.4, -0.2) is 28.4 Å². The summed E-state index contributed by atoms with van der Waals surface area (Å²) in [5.41, 5.74) is 1.20. The summed E-state index contributed by atoms with van der Waals surface area (Å²) in [5, 5.41) is 3.57. The third kappa shape index (κ3) is 3.33. The van der Waals surface area contributed by atoms with Crippen molar-refractivity contribution < 1.29 is 8.95 Å². The van der Waals surface area contributed by atoms with E-state index in [0.29, 0.717) is 18.4 Å². The molecule has 4 heteroatoms. The maximum Gasteiger partial charge on any atom is 0.119 e. The maximum atomic E-state index is 11.8. The average Bonchev–Trinajstić information content (AvgIpc) is 2.39. The van der Waals surface area contributed by atoms with Gasteiger partial charge in [0.15, 0.2) is 0 Å². The molecule has 1 aliphatic heterocycles. The normalized spacial score (nSPS) is 28.0. The lowest BCUT2D eigenvalue weighted by Crippen LogP contribution is -2.44. The monoisotopic (exact) mass is 267 g/mol. The molecule has 1 aromatic carbocycles. The molecule has 100 valence electrons. The molecule has 0 saturated carbocycles. The van der Waals surface area contributed by atoms with E-state index in [1.807, 2.05) is 19.1 Å². The lowest BCUT2D eigenvalue weighted by molar-refractivity contribution is 0.340. The molecule has 1 fully saturated rings. The van der Waals surface area contributed by atoms with Crippen molar-refractivity contribution in [1.82, 2.24) is 5.32 Å². The first-order valence-electron chi connectivity index (χ1n) is 6.56. The van der Waals surface area contributed by atoms with E-state index < -0.39 is 10.8 Å². The minimum absolute atomic E-state index is 0.209. The van der Waals surface area contributed by atoms with Gasteiger partial charge in [0.25, 0.3) is 0 Å². The average molecular weight is 267 g/mol. The zero-order chi connectivity index (χ0) is 13.0. The molecule has 0 radical (unpaired) electrons. The quantitative estimate of drug-likeness (QED) is 0.909. The van der Waals surface area contributed by atoms with Crippen LogP contribution in [0.15, 0.2) is 24.3 Å². The fourth-order valence-electron chi connectivity index (χ4n) is 2.25. The van der Waals surface area contributed by atoms with Crippen molar-refractivity contribution in [1.29, 1.82) is 0 Å². The Morgan fingerprint density at radius 1 is 1.28 bits per heavy atom. The van der Waals surface area contributed by atoms with Crippen molar-refractivity contribution in [3.8, 4) is 5.75 Å². The first kappa shape index (κ1) is 13.6. The first-order chi connectivity index (χ1) is 8.72. The Bertz CT molecular complexity index is 405. The topological polar surface area (TPSA) is 38.3 Å². The van der Waals surface area contributed by atoms with Crippen molar-refractivity contribution in [3.05, 3.63) is 29.8 Å². The van der Waals surface area contributed by atoms with Gasteiger partial charge < -0.3 is 10.1 Å². The zero-order valence-corrected chi connectivity index (χ0v) is 11.8. The van der Waals surface area contributed by atoms with Gasteiger partial charge in [0.05, 0.1) is 6.61 Å². The Morgan fingerprint density at radius 3 is 2.61 bits per heavy atom. The number of rotatable bonds is 4. The van der Waals surface area contributed by atoms with Gasteiger partial charge in [-0.2, -0.15) is 0 Å². The highest BCUT2D eigenvalue weighted by Crippen LogP contribution is 2.22. The second-order valence-electron chi connectivity index (χ2n) is 4.60. The zero-order valence-electron chi connectivity index (χ0n) is 11.0. The van der Waals surface area contributed by atoms with Crippen LogP contribution < -0.4 is 10.1 Å². The molecule has 0 spiro atoms. The van der Waals surface area contributed by atoms with Gasteiger partial charge in [-0.3, -0.25) is 4.21 Å². The summed E-state index contributed by atoms with van der Waals surface area (Å²) in [6, 6.07) is 8.68. The van der Waals surface area contributed by atoms with Crippen molar-refractivity contribution in [3.63, 3.8) is 0 Å². The van der Waals surface area contributed by atoms with Gasteiger partial charge in [-0.15, -0.1) is 0 Å². The molecular weight excluding hydrogens is 246 g/mol. The molecule has 1 saturated heterocycles. The second kappa shape index (κ2) is 6.34. The molecule has 1 aliphatic rings. The number of hydrogen-bond acceptors (Lipinski definition) is 3. The summed E-state index contributed by atoms with van der Waals surface area (Å²) in [6.45, 7) is 4.80. The van der Waals surface area contributed by atoms with Crippen LogP contribution >= 0.6 is 0 Å². The van der Waals surface area contributed by atoms with Crippen LogP contribution in [0.4, 0.5) is 0 Å².